The lowest BCUT2D eigenvalue weighted by atomic mass is 10.1. The van der Waals surface area contributed by atoms with Crippen LogP contribution in [0, 0.1) is 0 Å². The SMILES string of the molecule is O=C(CCc1ccc(S(=O)(=O)N2CCOCC2)cc1)Nc1ccc(-c2ccccc2)cn1. The van der Waals surface area contributed by atoms with Crippen LogP contribution in [0.5, 0.6) is 0 Å². The van der Waals surface area contributed by atoms with E-state index in [0.717, 1.165) is 16.7 Å². The van der Waals surface area contributed by atoms with Crippen LogP contribution in [0.15, 0.2) is 77.8 Å². The number of ether oxygens (including phenoxy) is 1. The summed E-state index contributed by atoms with van der Waals surface area (Å²) in [7, 11) is -3.51. The Labute approximate surface area is 188 Å². The summed E-state index contributed by atoms with van der Waals surface area (Å²) in [5.41, 5.74) is 2.95. The van der Waals surface area contributed by atoms with Crippen LogP contribution in [-0.2, 0) is 26.0 Å². The lowest BCUT2D eigenvalue weighted by molar-refractivity contribution is -0.116. The number of nitrogens with one attached hydrogen (secondary N) is 1. The number of aryl methyl sites for hydroxylation is 1. The summed E-state index contributed by atoms with van der Waals surface area (Å²) in [4.78, 5) is 16.9. The molecule has 7 nitrogen and oxygen atoms in total. The molecule has 166 valence electrons. The number of sulfonamides is 1. The highest BCUT2D eigenvalue weighted by atomic mass is 32.2. The van der Waals surface area contributed by atoms with Gasteiger partial charge in [-0.25, -0.2) is 13.4 Å². The molecule has 8 heteroatoms. The molecule has 0 saturated carbocycles. The van der Waals surface area contributed by atoms with Gasteiger partial charge >= 0.3 is 0 Å². The van der Waals surface area contributed by atoms with E-state index in [0.29, 0.717) is 38.5 Å². The van der Waals surface area contributed by atoms with Crippen LogP contribution in [0.2, 0.25) is 0 Å². The quantitative estimate of drug-likeness (QED) is 0.595. The minimum Gasteiger partial charge on any atom is -0.379 e. The van der Waals surface area contributed by atoms with Crippen molar-refractivity contribution < 1.29 is 17.9 Å². The second-order valence-electron chi connectivity index (χ2n) is 7.51. The summed E-state index contributed by atoms with van der Waals surface area (Å²) in [6.45, 7) is 1.56. The molecular formula is C24H25N3O4S. The van der Waals surface area contributed by atoms with E-state index in [1.54, 1.807) is 36.5 Å². The highest BCUT2D eigenvalue weighted by Crippen LogP contribution is 2.20. The number of hydrogen-bond acceptors (Lipinski definition) is 5. The fourth-order valence-corrected chi connectivity index (χ4v) is 4.90. The van der Waals surface area contributed by atoms with Crippen molar-refractivity contribution in [1.29, 1.82) is 0 Å². The monoisotopic (exact) mass is 451 g/mol. The Balaban J connectivity index is 1.30. The number of pyridine rings is 1. The zero-order valence-electron chi connectivity index (χ0n) is 17.6. The first-order valence-electron chi connectivity index (χ1n) is 10.5. The number of aromatic nitrogens is 1. The third-order valence-electron chi connectivity index (χ3n) is 5.31. The molecule has 2 heterocycles. The van der Waals surface area contributed by atoms with Crippen LogP contribution in [0.4, 0.5) is 5.82 Å². The van der Waals surface area contributed by atoms with E-state index >= 15 is 0 Å². The maximum atomic E-state index is 12.7. The van der Waals surface area contributed by atoms with E-state index < -0.39 is 10.0 Å². The second-order valence-corrected chi connectivity index (χ2v) is 9.44. The van der Waals surface area contributed by atoms with Gasteiger partial charge < -0.3 is 10.1 Å². The van der Waals surface area contributed by atoms with Gasteiger partial charge in [0, 0.05) is 31.3 Å². The van der Waals surface area contributed by atoms with E-state index in [1.165, 1.54) is 4.31 Å². The number of morpholine rings is 1. The van der Waals surface area contributed by atoms with Crippen LogP contribution in [0.1, 0.15) is 12.0 Å². The molecule has 0 bridgehead atoms. The zero-order valence-corrected chi connectivity index (χ0v) is 18.4. The highest BCUT2D eigenvalue weighted by Gasteiger charge is 2.26. The van der Waals surface area contributed by atoms with Gasteiger partial charge in [0.15, 0.2) is 0 Å². The van der Waals surface area contributed by atoms with Crippen LogP contribution >= 0.6 is 0 Å². The molecule has 3 aromatic rings. The van der Waals surface area contributed by atoms with Gasteiger partial charge in [0.2, 0.25) is 15.9 Å². The number of carbonyl (C=O) groups is 1. The van der Waals surface area contributed by atoms with Gasteiger partial charge in [-0.05, 0) is 41.8 Å². The first-order chi connectivity index (χ1) is 15.5. The predicted octanol–water partition coefficient (Wildman–Crippen LogP) is 3.34. The molecule has 2 aromatic carbocycles. The lowest BCUT2D eigenvalue weighted by Crippen LogP contribution is -2.40. The molecule has 1 aromatic heterocycles. The average Bonchev–Trinajstić information content (AvgIpc) is 2.84. The number of anilines is 1. The highest BCUT2D eigenvalue weighted by molar-refractivity contribution is 7.89. The summed E-state index contributed by atoms with van der Waals surface area (Å²) in [6, 6.07) is 20.3. The Morgan fingerprint density at radius 2 is 1.66 bits per heavy atom. The molecule has 0 spiro atoms. The Morgan fingerprint density at radius 3 is 2.31 bits per heavy atom. The molecular weight excluding hydrogens is 426 g/mol. The second kappa shape index (κ2) is 10.0. The molecule has 1 saturated heterocycles. The molecule has 0 aliphatic carbocycles. The smallest absolute Gasteiger partial charge is 0.243 e. The Hall–Kier alpha value is -3.07. The van der Waals surface area contributed by atoms with E-state index in [4.69, 9.17) is 4.74 Å². The van der Waals surface area contributed by atoms with Crippen molar-refractivity contribution in [3.8, 4) is 11.1 Å². The van der Waals surface area contributed by atoms with E-state index in [1.807, 2.05) is 36.4 Å². The number of carbonyl (C=O) groups excluding carboxylic acids is 1. The summed E-state index contributed by atoms with van der Waals surface area (Å²) < 4.78 is 32.0. The van der Waals surface area contributed by atoms with Crippen molar-refractivity contribution >= 4 is 21.7 Å². The van der Waals surface area contributed by atoms with Crippen molar-refractivity contribution in [3.63, 3.8) is 0 Å². The van der Waals surface area contributed by atoms with Gasteiger partial charge in [-0.3, -0.25) is 4.79 Å². The molecule has 4 rings (SSSR count). The fraction of sp³-hybridized carbons (Fsp3) is 0.250. The van der Waals surface area contributed by atoms with E-state index in [9.17, 15) is 13.2 Å². The van der Waals surface area contributed by atoms with Crippen LogP contribution in [-0.4, -0.2) is 49.9 Å². The van der Waals surface area contributed by atoms with Crippen molar-refractivity contribution in [2.75, 3.05) is 31.6 Å². The molecule has 1 aliphatic rings. The minimum absolute atomic E-state index is 0.144. The molecule has 0 atom stereocenters. The first kappa shape index (κ1) is 22.1. The largest absolute Gasteiger partial charge is 0.379 e. The molecule has 1 aliphatic heterocycles. The van der Waals surface area contributed by atoms with Crippen molar-refractivity contribution in [2.24, 2.45) is 0 Å². The summed E-state index contributed by atoms with van der Waals surface area (Å²) in [5.74, 6) is 0.358. The summed E-state index contributed by atoms with van der Waals surface area (Å²) >= 11 is 0. The molecule has 1 amide bonds. The Kier molecular flexibility index (Phi) is 6.94. The number of rotatable bonds is 7. The topological polar surface area (TPSA) is 88.6 Å². The van der Waals surface area contributed by atoms with Crippen molar-refractivity contribution in [2.45, 2.75) is 17.7 Å². The molecule has 0 radical (unpaired) electrons. The standard InChI is InChI=1S/C24H25N3O4S/c28-24(26-23-12-9-21(18-25-23)20-4-2-1-3-5-20)13-8-19-6-10-22(11-7-19)32(29,30)27-14-16-31-17-15-27/h1-7,9-12,18H,8,13-17H2,(H,25,26,28). The lowest BCUT2D eigenvalue weighted by Gasteiger charge is -2.26. The van der Waals surface area contributed by atoms with Gasteiger partial charge in [-0.15, -0.1) is 0 Å². The van der Waals surface area contributed by atoms with Gasteiger partial charge in [-0.1, -0.05) is 42.5 Å². The third-order valence-corrected chi connectivity index (χ3v) is 7.22. The zero-order chi connectivity index (χ0) is 22.4. The normalized spacial score (nSPS) is 14.8. The van der Waals surface area contributed by atoms with Crippen LogP contribution in [0.3, 0.4) is 0 Å². The van der Waals surface area contributed by atoms with Gasteiger partial charge in [-0.2, -0.15) is 4.31 Å². The minimum atomic E-state index is -3.51. The number of nitrogens with zero attached hydrogens (tertiary/aromatic N) is 2. The van der Waals surface area contributed by atoms with Gasteiger partial charge in [0.25, 0.3) is 0 Å². The van der Waals surface area contributed by atoms with E-state index in [2.05, 4.69) is 10.3 Å². The molecule has 1 fully saturated rings. The maximum absolute atomic E-state index is 12.7. The Bertz CT molecular complexity index is 1140. The number of benzene rings is 2. The van der Waals surface area contributed by atoms with Gasteiger partial charge in [0.1, 0.15) is 5.82 Å². The van der Waals surface area contributed by atoms with Crippen molar-refractivity contribution in [1.82, 2.24) is 9.29 Å². The summed E-state index contributed by atoms with van der Waals surface area (Å²) in [6.07, 6.45) is 2.52. The first-order valence-corrected chi connectivity index (χ1v) is 11.9. The predicted molar refractivity (Wildman–Crippen MR) is 123 cm³/mol. The van der Waals surface area contributed by atoms with Crippen LogP contribution < -0.4 is 5.32 Å². The van der Waals surface area contributed by atoms with Gasteiger partial charge in [0.05, 0.1) is 18.1 Å². The van der Waals surface area contributed by atoms with Crippen molar-refractivity contribution in [3.05, 3.63) is 78.5 Å². The fourth-order valence-electron chi connectivity index (χ4n) is 3.50. The molecule has 32 heavy (non-hydrogen) atoms. The van der Waals surface area contributed by atoms with E-state index in [-0.39, 0.29) is 17.2 Å². The summed E-state index contributed by atoms with van der Waals surface area (Å²) in [5, 5.41) is 2.81. The third kappa shape index (κ3) is 5.40. The molecule has 1 N–H and O–H groups in total. The Morgan fingerprint density at radius 1 is 0.938 bits per heavy atom. The van der Waals surface area contributed by atoms with Crippen LogP contribution in [0.25, 0.3) is 11.1 Å². The average molecular weight is 452 g/mol. The number of hydrogen-bond donors (Lipinski definition) is 1. The maximum Gasteiger partial charge on any atom is 0.243 e. The molecule has 0 unspecified atom stereocenters. The number of amides is 1.